The largest absolute Gasteiger partial charge is 0.502 e. The summed E-state index contributed by atoms with van der Waals surface area (Å²) in [5, 5.41) is 18.8. The molecule has 0 aliphatic carbocycles. The number of rotatable bonds is 17. The van der Waals surface area contributed by atoms with Crippen molar-refractivity contribution in [3.63, 3.8) is 0 Å². The highest BCUT2D eigenvalue weighted by atomic mass is 16.6. The van der Waals surface area contributed by atoms with Crippen molar-refractivity contribution in [1.29, 1.82) is 0 Å². The summed E-state index contributed by atoms with van der Waals surface area (Å²) in [5.41, 5.74) is 0.802. The number of hydrogen-bond acceptors (Lipinski definition) is 18. The predicted molar refractivity (Wildman–Crippen MR) is 227 cm³/mol. The van der Waals surface area contributed by atoms with Gasteiger partial charge >= 0.3 is 47.8 Å². The van der Waals surface area contributed by atoms with Gasteiger partial charge in [0.15, 0.2) is 23.0 Å². The number of phenols is 1. The molecule has 0 amide bonds. The first kappa shape index (κ1) is 53.8. The van der Waals surface area contributed by atoms with Gasteiger partial charge in [-0.15, -0.1) is 0 Å². The first-order valence-electron chi connectivity index (χ1n) is 20.9. The lowest BCUT2D eigenvalue weighted by molar-refractivity contribution is -0.137. The molecule has 0 radical (unpaired) electrons. The van der Waals surface area contributed by atoms with E-state index < -0.39 is 59.6 Å². The lowest BCUT2D eigenvalue weighted by Crippen LogP contribution is -2.19. The molecule has 1 aliphatic rings. The molecular formula is C46H54O19. The summed E-state index contributed by atoms with van der Waals surface area (Å²) in [6.07, 6.45) is 2.15. The number of carbonyl (C=O) groups excluding carboxylic acids is 8. The van der Waals surface area contributed by atoms with Gasteiger partial charge in [-0.1, -0.05) is 55.4 Å². The Morgan fingerprint density at radius 3 is 1.34 bits per heavy atom. The van der Waals surface area contributed by atoms with Crippen molar-refractivity contribution in [1.82, 2.24) is 0 Å². The molecule has 0 fully saturated rings. The Kier molecular flexibility index (Phi) is 22.4. The maximum Gasteiger partial charge on any atom is 0.335 e. The molecule has 1 aliphatic heterocycles. The van der Waals surface area contributed by atoms with E-state index >= 15 is 0 Å². The number of carbonyl (C=O) groups is 9. The van der Waals surface area contributed by atoms with E-state index in [-0.39, 0.29) is 90.8 Å². The number of esters is 7. The van der Waals surface area contributed by atoms with Gasteiger partial charge in [0.25, 0.3) is 0 Å². The van der Waals surface area contributed by atoms with E-state index in [1.165, 1.54) is 24.3 Å². The monoisotopic (exact) mass is 910 g/mol. The van der Waals surface area contributed by atoms with Crippen LogP contribution in [0.5, 0.6) is 51.7 Å². The highest BCUT2D eigenvalue weighted by Crippen LogP contribution is 2.47. The molecule has 0 aromatic heterocycles. The van der Waals surface area contributed by atoms with Crippen LogP contribution in [0.1, 0.15) is 141 Å². The van der Waals surface area contributed by atoms with Crippen LogP contribution in [-0.2, 0) is 44.8 Å². The maximum absolute atomic E-state index is 12.2. The van der Waals surface area contributed by atoms with E-state index in [2.05, 4.69) is 0 Å². The fourth-order valence-electron chi connectivity index (χ4n) is 5.08. The number of ether oxygens (including phenoxy) is 8. The maximum atomic E-state index is 12.2. The normalized spacial score (nSPS) is 12.1. The first-order chi connectivity index (χ1) is 30.9. The number of aldehydes is 1. The number of carboxylic acid groups (broad SMARTS) is 1. The zero-order chi connectivity index (χ0) is 48.8. The highest BCUT2D eigenvalue weighted by Gasteiger charge is 2.30. The topological polar surface area (TPSA) is 268 Å². The van der Waals surface area contributed by atoms with Crippen molar-refractivity contribution < 1.29 is 91.3 Å². The van der Waals surface area contributed by atoms with Crippen molar-refractivity contribution in [3.8, 4) is 51.7 Å². The van der Waals surface area contributed by atoms with Crippen LogP contribution in [-0.4, -0.2) is 64.3 Å². The molecule has 2 N–H and O–H groups in total. The molecule has 3 aromatic rings. The average molecular weight is 911 g/mol. The smallest absolute Gasteiger partial charge is 0.335 e. The van der Waals surface area contributed by atoms with Gasteiger partial charge in [-0.2, -0.15) is 0 Å². The number of aromatic hydroxyl groups is 1. The van der Waals surface area contributed by atoms with E-state index in [1.807, 2.05) is 6.92 Å². The lowest BCUT2D eigenvalue weighted by Gasteiger charge is -2.29. The van der Waals surface area contributed by atoms with Crippen LogP contribution in [0.3, 0.4) is 0 Å². The van der Waals surface area contributed by atoms with Gasteiger partial charge in [-0.25, -0.2) is 4.79 Å². The van der Waals surface area contributed by atoms with Gasteiger partial charge in [0.1, 0.15) is 29.6 Å². The van der Waals surface area contributed by atoms with Gasteiger partial charge in [0.2, 0.25) is 11.5 Å². The summed E-state index contributed by atoms with van der Waals surface area (Å²) in [4.78, 5) is 103. The first-order valence-corrected chi connectivity index (χ1v) is 20.9. The van der Waals surface area contributed by atoms with Crippen LogP contribution >= 0.6 is 0 Å². The quantitative estimate of drug-likeness (QED) is 0.0748. The minimum absolute atomic E-state index is 0.0302. The number of phenolic OH excluding ortho intramolecular Hbond substituents is 1. The summed E-state index contributed by atoms with van der Waals surface area (Å²) >= 11 is 0. The fourth-order valence-corrected chi connectivity index (χ4v) is 5.08. The SMILES string of the molecule is CCC(=O)Oc1cc(C(=O)O)cc(OC(=O)CC)c1O.CCC(=O)Oc1cc(OC(=O)CC)c2c(c1)O[C@H](c1cc(OC(=O)CC)c(OC(=O)CC)c(OC(=O)CC)c1)CC2.CCC=O. The third-order valence-electron chi connectivity index (χ3n) is 8.52. The van der Waals surface area contributed by atoms with Gasteiger partial charge < -0.3 is 52.9 Å². The van der Waals surface area contributed by atoms with Gasteiger partial charge in [0.05, 0.1) is 5.56 Å². The predicted octanol–water partition coefficient (Wildman–Crippen LogP) is 7.65. The Morgan fingerprint density at radius 2 is 0.938 bits per heavy atom. The minimum atomic E-state index is -1.31. The fraction of sp³-hybridized carbons (Fsp3) is 0.413. The van der Waals surface area contributed by atoms with Crippen LogP contribution < -0.4 is 37.9 Å². The van der Waals surface area contributed by atoms with E-state index in [0.29, 0.717) is 36.1 Å². The summed E-state index contributed by atoms with van der Waals surface area (Å²) in [6.45, 7) is 13.0. The van der Waals surface area contributed by atoms with Crippen LogP contribution in [0.4, 0.5) is 0 Å². The summed E-state index contributed by atoms with van der Waals surface area (Å²) in [6, 6.07) is 7.95. The van der Waals surface area contributed by atoms with Crippen molar-refractivity contribution in [2.24, 2.45) is 0 Å². The van der Waals surface area contributed by atoms with Crippen molar-refractivity contribution in [3.05, 3.63) is 53.1 Å². The second-order valence-corrected chi connectivity index (χ2v) is 13.4. The molecule has 65 heavy (non-hydrogen) atoms. The van der Waals surface area contributed by atoms with Crippen LogP contribution in [0.25, 0.3) is 0 Å². The molecular weight excluding hydrogens is 856 g/mol. The summed E-state index contributed by atoms with van der Waals surface area (Å²) in [5.74, 6) is -6.41. The molecule has 0 unspecified atom stereocenters. The van der Waals surface area contributed by atoms with E-state index in [9.17, 15) is 48.3 Å². The number of hydrogen-bond donors (Lipinski definition) is 2. The molecule has 19 heteroatoms. The van der Waals surface area contributed by atoms with Crippen molar-refractivity contribution in [2.45, 2.75) is 126 Å². The molecule has 0 saturated carbocycles. The highest BCUT2D eigenvalue weighted by molar-refractivity contribution is 5.90. The second-order valence-electron chi connectivity index (χ2n) is 13.4. The molecule has 0 saturated heterocycles. The van der Waals surface area contributed by atoms with Gasteiger partial charge in [-0.05, 0) is 37.1 Å². The second kappa shape index (κ2) is 27.0. The number of aromatic carboxylic acids is 1. The molecule has 1 heterocycles. The number of fused-ring (bicyclic) bond motifs is 1. The third kappa shape index (κ3) is 16.7. The zero-order valence-corrected chi connectivity index (χ0v) is 37.5. The van der Waals surface area contributed by atoms with Gasteiger partial charge in [0, 0.05) is 74.6 Å². The number of carboxylic acids is 1. The van der Waals surface area contributed by atoms with Crippen LogP contribution in [0.2, 0.25) is 0 Å². The zero-order valence-electron chi connectivity index (χ0n) is 37.5. The van der Waals surface area contributed by atoms with E-state index in [0.717, 1.165) is 18.4 Å². The Hall–Kier alpha value is -7.31. The summed E-state index contributed by atoms with van der Waals surface area (Å²) < 4.78 is 43.1. The molecule has 1 atom stereocenters. The van der Waals surface area contributed by atoms with Crippen molar-refractivity contribution >= 4 is 54.0 Å². The lowest BCUT2D eigenvalue weighted by atomic mass is 9.96. The minimum Gasteiger partial charge on any atom is -0.502 e. The average Bonchev–Trinajstić information content (AvgIpc) is 3.30. The van der Waals surface area contributed by atoms with Crippen molar-refractivity contribution in [2.75, 3.05) is 0 Å². The molecule has 0 spiro atoms. The Bertz CT molecular complexity index is 2150. The van der Waals surface area contributed by atoms with E-state index in [4.69, 9.17) is 43.0 Å². The standard InChI is InChI=1S/C30H34O11.C13H14O7.C3H6O/c1-6-25(31)36-18-15-21-19(22(16-18)38-26(32)7-2)11-12-20(37-21)17-13-23(39-27(33)8-3)30(41-29(35)10-5)24(14-17)40-28(34)9-4;1-3-10(14)19-8-5-7(13(17)18)6-9(12(8)16)20-11(15)4-2;1-2-3-4/h13-16,20H,6-12H2,1-5H3;5-6,16H,3-4H2,1-2H3,(H,17,18);3H,2H2,1H3/t20-;;/m0../s1. The van der Waals surface area contributed by atoms with Gasteiger partial charge in [-0.3, -0.25) is 33.6 Å². The Labute approximate surface area is 375 Å². The Morgan fingerprint density at radius 1 is 0.554 bits per heavy atom. The molecule has 0 bridgehead atoms. The number of benzene rings is 3. The summed E-state index contributed by atoms with van der Waals surface area (Å²) in [7, 11) is 0. The third-order valence-corrected chi connectivity index (χ3v) is 8.52. The molecule has 3 aromatic carbocycles. The van der Waals surface area contributed by atoms with Crippen LogP contribution in [0, 0.1) is 0 Å². The van der Waals surface area contributed by atoms with Crippen LogP contribution in [0.15, 0.2) is 36.4 Å². The molecule has 19 nitrogen and oxygen atoms in total. The van der Waals surface area contributed by atoms with E-state index in [1.54, 1.807) is 48.5 Å². The molecule has 352 valence electrons. The molecule has 4 rings (SSSR count). The Balaban J connectivity index is 0.000000503.